The van der Waals surface area contributed by atoms with E-state index in [-0.39, 0.29) is 24.5 Å². The number of piperidine rings is 1. The molecule has 5 heteroatoms. The first-order valence-corrected chi connectivity index (χ1v) is 6.59. The third kappa shape index (κ3) is 4.26. The lowest BCUT2D eigenvalue weighted by atomic mass is 10.1. The minimum atomic E-state index is -0.230. The number of halogens is 2. The molecule has 1 aromatic carbocycles. The number of rotatable bonds is 2. The van der Waals surface area contributed by atoms with Crippen LogP contribution in [0.4, 0.5) is 0 Å². The second-order valence-corrected chi connectivity index (χ2v) is 5.36. The number of carbonyl (C=O) groups is 1. The Morgan fingerprint density at radius 3 is 2.94 bits per heavy atom. The first-order valence-electron chi connectivity index (χ1n) is 5.80. The number of likely N-dealkylation sites (N-methyl/N-ethyl adjacent to an activating group) is 1. The molecule has 2 rings (SSSR count). The SMILES string of the molecule is CN1CCCC(OC(=O)c2cccc(Br)c2)C1.Cl. The van der Waals surface area contributed by atoms with E-state index >= 15 is 0 Å². The van der Waals surface area contributed by atoms with Gasteiger partial charge < -0.3 is 9.64 Å². The van der Waals surface area contributed by atoms with Crippen molar-refractivity contribution >= 4 is 34.3 Å². The van der Waals surface area contributed by atoms with Gasteiger partial charge >= 0.3 is 5.97 Å². The molecular formula is C13H17BrClNO2. The maximum absolute atomic E-state index is 11.9. The summed E-state index contributed by atoms with van der Waals surface area (Å²) in [5, 5.41) is 0. The minimum Gasteiger partial charge on any atom is -0.457 e. The van der Waals surface area contributed by atoms with Crippen LogP contribution in [0.2, 0.25) is 0 Å². The zero-order valence-corrected chi connectivity index (χ0v) is 12.7. The molecule has 0 spiro atoms. The summed E-state index contributed by atoms with van der Waals surface area (Å²) in [5.41, 5.74) is 0.604. The van der Waals surface area contributed by atoms with Crippen molar-refractivity contribution in [1.29, 1.82) is 0 Å². The number of esters is 1. The Labute approximate surface area is 122 Å². The van der Waals surface area contributed by atoms with Crippen LogP contribution in [0.5, 0.6) is 0 Å². The third-order valence-corrected chi connectivity index (χ3v) is 3.41. The lowest BCUT2D eigenvalue weighted by molar-refractivity contribution is 0.0108. The lowest BCUT2D eigenvalue weighted by Crippen LogP contribution is -2.38. The Balaban J connectivity index is 0.00000162. The summed E-state index contributed by atoms with van der Waals surface area (Å²) in [5.74, 6) is -0.230. The van der Waals surface area contributed by atoms with Crippen LogP contribution in [-0.4, -0.2) is 37.1 Å². The Hall–Kier alpha value is -0.580. The normalized spacial score (nSPS) is 20.0. The topological polar surface area (TPSA) is 29.5 Å². The summed E-state index contributed by atoms with van der Waals surface area (Å²) >= 11 is 3.35. The number of hydrogen-bond donors (Lipinski definition) is 0. The first-order chi connectivity index (χ1) is 8.15. The van der Waals surface area contributed by atoms with Crippen LogP contribution in [0, 0.1) is 0 Å². The van der Waals surface area contributed by atoms with Gasteiger partial charge in [0.2, 0.25) is 0 Å². The summed E-state index contributed by atoms with van der Waals surface area (Å²) in [6.07, 6.45) is 2.08. The fourth-order valence-electron chi connectivity index (χ4n) is 2.05. The summed E-state index contributed by atoms with van der Waals surface area (Å²) in [6.45, 7) is 1.92. The third-order valence-electron chi connectivity index (χ3n) is 2.92. The Kier molecular flexibility index (Phi) is 6.12. The maximum atomic E-state index is 11.9. The van der Waals surface area contributed by atoms with E-state index in [2.05, 4.69) is 27.9 Å². The second kappa shape index (κ2) is 7.12. The van der Waals surface area contributed by atoms with E-state index in [0.29, 0.717) is 5.56 Å². The second-order valence-electron chi connectivity index (χ2n) is 4.44. The van der Waals surface area contributed by atoms with E-state index in [1.165, 1.54) is 0 Å². The van der Waals surface area contributed by atoms with Crippen LogP contribution in [0.25, 0.3) is 0 Å². The highest BCUT2D eigenvalue weighted by Crippen LogP contribution is 2.16. The van der Waals surface area contributed by atoms with E-state index in [4.69, 9.17) is 4.74 Å². The standard InChI is InChI=1S/C13H16BrNO2.ClH/c1-15-7-3-6-12(9-15)17-13(16)10-4-2-5-11(14)8-10;/h2,4-5,8,12H,3,6-7,9H2,1H3;1H. The molecule has 3 nitrogen and oxygen atoms in total. The Morgan fingerprint density at radius 2 is 2.28 bits per heavy atom. The molecule has 1 fully saturated rings. The van der Waals surface area contributed by atoms with Gasteiger partial charge in [-0.25, -0.2) is 4.79 Å². The van der Waals surface area contributed by atoms with Gasteiger partial charge in [0.1, 0.15) is 6.10 Å². The fraction of sp³-hybridized carbons (Fsp3) is 0.462. The quantitative estimate of drug-likeness (QED) is 0.778. The molecule has 1 unspecified atom stereocenters. The van der Waals surface area contributed by atoms with Gasteiger partial charge in [-0.05, 0) is 44.6 Å². The molecule has 1 aliphatic rings. The highest BCUT2D eigenvalue weighted by atomic mass is 79.9. The van der Waals surface area contributed by atoms with Crippen molar-refractivity contribution in [2.45, 2.75) is 18.9 Å². The number of hydrogen-bond acceptors (Lipinski definition) is 3. The molecule has 0 amide bonds. The van der Waals surface area contributed by atoms with E-state index in [0.717, 1.165) is 30.4 Å². The van der Waals surface area contributed by atoms with Crippen LogP contribution in [0.15, 0.2) is 28.7 Å². The van der Waals surface area contributed by atoms with Gasteiger partial charge in [0, 0.05) is 11.0 Å². The van der Waals surface area contributed by atoms with Crippen molar-refractivity contribution in [2.75, 3.05) is 20.1 Å². The van der Waals surface area contributed by atoms with Crippen LogP contribution in [-0.2, 0) is 4.74 Å². The van der Waals surface area contributed by atoms with Gasteiger partial charge in [0.05, 0.1) is 5.56 Å². The molecule has 0 saturated carbocycles. The predicted molar refractivity (Wildman–Crippen MR) is 77.3 cm³/mol. The van der Waals surface area contributed by atoms with Crippen molar-refractivity contribution < 1.29 is 9.53 Å². The number of carbonyl (C=O) groups excluding carboxylic acids is 1. The highest BCUT2D eigenvalue weighted by Gasteiger charge is 2.21. The van der Waals surface area contributed by atoms with Gasteiger partial charge in [-0.3, -0.25) is 0 Å². The molecule has 0 radical (unpaired) electrons. The lowest BCUT2D eigenvalue weighted by Gasteiger charge is -2.29. The van der Waals surface area contributed by atoms with Crippen molar-refractivity contribution in [3.63, 3.8) is 0 Å². The zero-order chi connectivity index (χ0) is 12.3. The average molecular weight is 335 g/mol. The number of nitrogens with zero attached hydrogens (tertiary/aromatic N) is 1. The average Bonchev–Trinajstić information content (AvgIpc) is 2.29. The van der Waals surface area contributed by atoms with Crippen molar-refractivity contribution in [2.24, 2.45) is 0 Å². The summed E-state index contributed by atoms with van der Waals surface area (Å²) in [7, 11) is 2.05. The number of likely N-dealkylation sites (tertiary alicyclic amines) is 1. The molecule has 0 bridgehead atoms. The summed E-state index contributed by atoms with van der Waals surface area (Å²) < 4.78 is 6.40. The molecule has 1 aromatic rings. The van der Waals surface area contributed by atoms with Crippen molar-refractivity contribution in [3.8, 4) is 0 Å². The fourth-order valence-corrected chi connectivity index (χ4v) is 2.45. The maximum Gasteiger partial charge on any atom is 0.338 e. The monoisotopic (exact) mass is 333 g/mol. The molecule has 100 valence electrons. The van der Waals surface area contributed by atoms with E-state index in [1.54, 1.807) is 12.1 Å². The Morgan fingerprint density at radius 1 is 1.50 bits per heavy atom. The van der Waals surface area contributed by atoms with Crippen LogP contribution < -0.4 is 0 Å². The van der Waals surface area contributed by atoms with Crippen LogP contribution in [0.1, 0.15) is 23.2 Å². The molecule has 18 heavy (non-hydrogen) atoms. The van der Waals surface area contributed by atoms with Crippen molar-refractivity contribution in [3.05, 3.63) is 34.3 Å². The molecule has 0 aromatic heterocycles. The summed E-state index contributed by atoms with van der Waals surface area (Å²) in [4.78, 5) is 14.1. The molecule has 1 aliphatic heterocycles. The van der Waals surface area contributed by atoms with Gasteiger partial charge in [0.15, 0.2) is 0 Å². The van der Waals surface area contributed by atoms with Gasteiger partial charge in [0.25, 0.3) is 0 Å². The first kappa shape index (κ1) is 15.5. The van der Waals surface area contributed by atoms with E-state index in [1.807, 2.05) is 12.1 Å². The number of ether oxygens (including phenoxy) is 1. The zero-order valence-electron chi connectivity index (χ0n) is 10.3. The van der Waals surface area contributed by atoms with Crippen LogP contribution >= 0.6 is 28.3 Å². The largest absolute Gasteiger partial charge is 0.457 e. The number of benzene rings is 1. The summed E-state index contributed by atoms with van der Waals surface area (Å²) in [6, 6.07) is 7.30. The molecule has 1 heterocycles. The van der Waals surface area contributed by atoms with Crippen LogP contribution in [0.3, 0.4) is 0 Å². The van der Waals surface area contributed by atoms with Gasteiger partial charge in [-0.1, -0.05) is 22.0 Å². The van der Waals surface area contributed by atoms with Gasteiger partial charge in [-0.2, -0.15) is 0 Å². The molecule has 1 atom stereocenters. The van der Waals surface area contributed by atoms with E-state index in [9.17, 15) is 4.79 Å². The molecule has 1 saturated heterocycles. The predicted octanol–water partition coefficient (Wildman–Crippen LogP) is 3.12. The molecule has 0 aliphatic carbocycles. The smallest absolute Gasteiger partial charge is 0.338 e. The molecular weight excluding hydrogens is 318 g/mol. The van der Waals surface area contributed by atoms with E-state index < -0.39 is 0 Å². The minimum absolute atomic E-state index is 0. The highest BCUT2D eigenvalue weighted by molar-refractivity contribution is 9.10. The molecule has 0 N–H and O–H groups in total. The van der Waals surface area contributed by atoms with Gasteiger partial charge in [-0.15, -0.1) is 12.4 Å². The van der Waals surface area contributed by atoms with Crippen molar-refractivity contribution in [1.82, 2.24) is 4.90 Å². The Bertz CT molecular complexity index is 414.